The number of hydrogen-bond acceptors (Lipinski definition) is 4. The van der Waals surface area contributed by atoms with Crippen LogP contribution in [0.15, 0.2) is 23.1 Å². The summed E-state index contributed by atoms with van der Waals surface area (Å²) in [7, 11) is 0. The van der Waals surface area contributed by atoms with Gasteiger partial charge in [0.1, 0.15) is 5.54 Å². The van der Waals surface area contributed by atoms with Crippen molar-refractivity contribution in [2.75, 3.05) is 16.4 Å². The maximum Gasteiger partial charge on any atom is 0.329 e. The summed E-state index contributed by atoms with van der Waals surface area (Å²) in [6.07, 6.45) is 0. The normalized spacial score (nSPS) is 15.4. The summed E-state index contributed by atoms with van der Waals surface area (Å²) in [5.74, 6) is -1.01. The largest absolute Gasteiger partial charge is 0.480 e. The zero-order valence-corrected chi connectivity index (χ0v) is 11.0. The molecule has 0 fully saturated rings. The molecule has 0 saturated carbocycles. The second kappa shape index (κ2) is 4.20. The number of nitrogens with two attached hydrogens (primary N) is 1. The lowest BCUT2D eigenvalue weighted by Crippen LogP contribution is -2.55. The first-order valence-electron chi connectivity index (χ1n) is 5.43. The molecule has 0 unspecified atom stereocenters. The van der Waals surface area contributed by atoms with Gasteiger partial charge in [-0.05, 0) is 32.0 Å². The summed E-state index contributed by atoms with van der Waals surface area (Å²) < 4.78 is 0. The van der Waals surface area contributed by atoms with Crippen LogP contribution in [-0.4, -0.2) is 28.3 Å². The molecule has 1 amide bonds. The second-order valence-corrected chi connectivity index (χ2v) is 5.63. The van der Waals surface area contributed by atoms with Gasteiger partial charge in [0.2, 0.25) is 5.91 Å². The molecule has 3 N–H and O–H groups in total. The third-order valence-electron chi connectivity index (χ3n) is 2.91. The molecule has 0 atom stereocenters. The number of carboxylic acid groups (broad SMARTS) is 1. The molecule has 1 aliphatic rings. The number of nitrogen functional groups attached to an aromatic ring is 1. The minimum atomic E-state index is -1.27. The summed E-state index contributed by atoms with van der Waals surface area (Å²) in [6.45, 7) is 3.03. The van der Waals surface area contributed by atoms with E-state index in [1.54, 1.807) is 18.2 Å². The quantitative estimate of drug-likeness (QED) is 0.794. The lowest BCUT2D eigenvalue weighted by Gasteiger charge is -2.38. The van der Waals surface area contributed by atoms with Gasteiger partial charge in [-0.15, -0.1) is 11.8 Å². The fraction of sp³-hybridized carbons (Fsp3) is 0.333. The van der Waals surface area contributed by atoms with Gasteiger partial charge in [-0.2, -0.15) is 0 Å². The predicted molar refractivity (Wildman–Crippen MR) is 70.8 cm³/mol. The minimum Gasteiger partial charge on any atom is -0.480 e. The van der Waals surface area contributed by atoms with Crippen LogP contribution in [0.1, 0.15) is 13.8 Å². The Balaban J connectivity index is 2.55. The van der Waals surface area contributed by atoms with Gasteiger partial charge < -0.3 is 10.8 Å². The molecular formula is C12H14N2O3S. The van der Waals surface area contributed by atoms with Crippen molar-refractivity contribution in [1.82, 2.24) is 0 Å². The SMILES string of the molecule is CC(C)(C(=O)O)N1C(=O)CSc2cc(N)ccc21. The molecular weight excluding hydrogens is 252 g/mol. The van der Waals surface area contributed by atoms with Gasteiger partial charge in [-0.3, -0.25) is 9.69 Å². The lowest BCUT2D eigenvalue weighted by atomic mass is 10.0. The first kappa shape index (κ1) is 12.8. The van der Waals surface area contributed by atoms with E-state index < -0.39 is 11.5 Å². The molecule has 0 radical (unpaired) electrons. The number of fused-ring (bicyclic) bond motifs is 1. The molecule has 1 aromatic carbocycles. The summed E-state index contributed by atoms with van der Waals surface area (Å²) in [5.41, 5.74) is 5.63. The van der Waals surface area contributed by atoms with E-state index in [-0.39, 0.29) is 11.7 Å². The fourth-order valence-electron chi connectivity index (χ4n) is 1.88. The summed E-state index contributed by atoms with van der Waals surface area (Å²) >= 11 is 1.38. The number of hydrogen-bond donors (Lipinski definition) is 2. The van der Waals surface area contributed by atoms with Gasteiger partial charge in [-0.1, -0.05) is 0 Å². The van der Waals surface area contributed by atoms with E-state index in [1.165, 1.54) is 30.5 Å². The summed E-state index contributed by atoms with van der Waals surface area (Å²) in [5, 5.41) is 9.27. The molecule has 0 saturated heterocycles. The Bertz CT molecular complexity index is 528. The van der Waals surface area contributed by atoms with Crippen molar-refractivity contribution >= 4 is 35.0 Å². The Hall–Kier alpha value is -1.69. The number of nitrogens with zero attached hydrogens (tertiary/aromatic N) is 1. The molecule has 2 rings (SSSR count). The molecule has 1 heterocycles. The van der Waals surface area contributed by atoms with Crippen molar-refractivity contribution in [3.63, 3.8) is 0 Å². The highest BCUT2D eigenvalue weighted by Crippen LogP contribution is 2.40. The number of carboxylic acids is 1. The van der Waals surface area contributed by atoms with Crippen molar-refractivity contribution < 1.29 is 14.7 Å². The van der Waals surface area contributed by atoms with Crippen LogP contribution in [0.3, 0.4) is 0 Å². The molecule has 96 valence electrons. The number of aliphatic carboxylic acids is 1. The third kappa shape index (κ3) is 1.92. The van der Waals surface area contributed by atoms with Crippen LogP contribution in [0.4, 0.5) is 11.4 Å². The van der Waals surface area contributed by atoms with Crippen LogP contribution in [0, 0.1) is 0 Å². The van der Waals surface area contributed by atoms with Crippen LogP contribution in [-0.2, 0) is 9.59 Å². The highest BCUT2D eigenvalue weighted by Gasteiger charge is 2.41. The van der Waals surface area contributed by atoms with E-state index in [0.29, 0.717) is 11.4 Å². The van der Waals surface area contributed by atoms with Crippen molar-refractivity contribution in [3.05, 3.63) is 18.2 Å². The average Bonchev–Trinajstić information content (AvgIpc) is 2.28. The van der Waals surface area contributed by atoms with Crippen molar-refractivity contribution in [2.24, 2.45) is 0 Å². The molecule has 6 heteroatoms. The standard InChI is InChI=1S/C12H14N2O3S/c1-12(2,11(16)17)14-8-4-3-7(13)5-9(8)18-6-10(14)15/h3-5H,6,13H2,1-2H3,(H,16,17). The first-order valence-corrected chi connectivity index (χ1v) is 6.41. The number of rotatable bonds is 2. The Morgan fingerprint density at radius 2 is 2.17 bits per heavy atom. The Labute approximate surface area is 109 Å². The molecule has 0 bridgehead atoms. The number of thioether (sulfide) groups is 1. The smallest absolute Gasteiger partial charge is 0.329 e. The predicted octanol–water partition coefficient (Wildman–Crippen LogP) is 1.57. The van der Waals surface area contributed by atoms with Gasteiger partial charge in [-0.25, -0.2) is 4.79 Å². The van der Waals surface area contributed by atoms with Crippen LogP contribution >= 0.6 is 11.8 Å². The maximum atomic E-state index is 12.0. The van der Waals surface area contributed by atoms with Crippen molar-refractivity contribution in [1.29, 1.82) is 0 Å². The van der Waals surface area contributed by atoms with Crippen LogP contribution in [0.5, 0.6) is 0 Å². The number of benzene rings is 1. The zero-order valence-electron chi connectivity index (χ0n) is 10.1. The minimum absolute atomic E-state index is 0.204. The highest BCUT2D eigenvalue weighted by molar-refractivity contribution is 8.00. The van der Waals surface area contributed by atoms with Crippen LogP contribution in [0.25, 0.3) is 0 Å². The molecule has 0 aromatic heterocycles. The molecule has 1 aliphatic heterocycles. The number of anilines is 2. The molecule has 0 aliphatic carbocycles. The maximum absolute atomic E-state index is 12.0. The van der Waals surface area contributed by atoms with E-state index in [4.69, 9.17) is 5.73 Å². The van der Waals surface area contributed by atoms with E-state index in [9.17, 15) is 14.7 Å². The third-order valence-corrected chi connectivity index (χ3v) is 3.94. The molecule has 0 spiro atoms. The second-order valence-electron chi connectivity index (χ2n) is 4.61. The lowest BCUT2D eigenvalue weighted by molar-refractivity contribution is -0.143. The molecule has 5 nitrogen and oxygen atoms in total. The first-order chi connectivity index (χ1) is 8.34. The van der Waals surface area contributed by atoms with Crippen molar-refractivity contribution in [2.45, 2.75) is 24.3 Å². The highest BCUT2D eigenvalue weighted by atomic mass is 32.2. The molecule has 18 heavy (non-hydrogen) atoms. The average molecular weight is 266 g/mol. The topological polar surface area (TPSA) is 83.6 Å². The van der Waals surface area contributed by atoms with Crippen LogP contribution in [0.2, 0.25) is 0 Å². The van der Waals surface area contributed by atoms with Gasteiger partial charge in [0.15, 0.2) is 0 Å². The molecule has 1 aromatic rings. The zero-order chi connectivity index (χ0) is 13.5. The summed E-state index contributed by atoms with van der Waals surface area (Å²) in [6, 6.07) is 5.12. The number of amides is 1. The Morgan fingerprint density at radius 3 is 2.78 bits per heavy atom. The van der Waals surface area contributed by atoms with Gasteiger partial charge in [0.25, 0.3) is 0 Å². The van der Waals surface area contributed by atoms with E-state index >= 15 is 0 Å². The fourth-order valence-corrected chi connectivity index (χ4v) is 2.81. The Morgan fingerprint density at radius 1 is 1.50 bits per heavy atom. The summed E-state index contributed by atoms with van der Waals surface area (Å²) in [4.78, 5) is 25.5. The van der Waals surface area contributed by atoms with Crippen molar-refractivity contribution in [3.8, 4) is 0 Å². The van der Waals surface area contributed by atoms with E-state index in [2.05, 4.69) is 0 Å². The van der Waals surface area contributed by atoms with Gasteiger partial charge in [0.05, 0.1) is 11.4 Å². The van der Waals surface area contributed by atoms with E-state index in [0.717, 1.165) is 4.90 Å². The Kier molecular flexibility index (Phi) is 2.98. The van der Waals surface area contributed by atoms with Gasteiger partial charge in [0, 0.05) is 10.6 Å². The number of carbonyl (C=O) groups excluding carboxylic acids is 1. The van der Waals surface area contributed by atoms with Crippen LogP contribution < -0.4 is 10.6 Å². The van der Waals surface area contributed by atoms with Gasteiger partial charge >= 0.3 is 5.97 Å². The monoisotopic (exact) mass is 266 g/mol. The van der Waals surface area contributed by atoms with E-state index in [1.807, 2.05) is 0 Å². The number of carbonyl (C=O) groups is 2.